The molecule has 0 amide bonds. The van der Waals surface area contributed by atoms with Crippen LogP contribution in [0, 0.1) is 0 Å². The first-order valence-electron chi connectivity index (χ1n) is 8.15. The Labute approximate surface area is 163 Å². The number of benzene rings is 1. The maximum absolute atomic E-state index is 12.6. The van der Waals surface area contributed by atoms with Crippen molar-refractivity contribution < 1.29 is 17.9 Å². The van der Waals surface area contributed by atoms with Crippen molar-refractivity contribution in [3.8, 4) is 0 Å². The lowest BCUT2D eigenvalue weighted by Gasteiger charge is -2.24. The van der Waals surface area contributed by atoms with E-state index < -0.39 is 11.7 Å². The third-order valence-electron chi connectivity index (χ3n) is 3.98. The molecule has 0 spiro atoms. The molecule has 0 bridgehead atoms. The highest BCUT2D eigenvalue weighted by atomic mass is 127. The molecule has 25 heavy (non-hydrogen) atoms. The van der Waals surface area contributed by atoms with Crippen molar-refractivity contribution in [2.24, 2.45) is 4.99 Å². The molecule has 4 nitrogen and oxygen atoms in total. The average Bonchev–Trinajstić information content (AvgIpc) is 2.97. The summed E-state index contributed by atoms with van der Waals surface area (Å²) in [7, 11) is 0. The molecule has 2 rings (SSSR count). The van der Waals surface area contributed by atoms with Crippen molar-refractivity contribution in [3.05, 3.63) is 35.4 Å². The highest BCUT2D eigenvalue weighted by molar-refractivity contribution is 14.0. The van der Waals surface area contributed by atoms with E-state index in [1.165, 1.54) is 12.1 Å². The molecule has 1 atom stereocenters. The fourth-order valence-corrected chi connectivity index (χ4v) is 2.56. The van der Waals surface area contributed by atoms with Crippen molar-refractivity contribution >= 4 is 29.9 Å². The molecule has 142 valence electrons. The molecule has 1 heterocycles. The summed E-state index contributed by atoms with van der Waals surface area (Å²) < 4.78 is 43.4. The molecule has 1 fully saturated rings. The van der Waals surface area contributed by atoms with E-state index in [9.17, 15) is 13.2 Å². The van der Waals surface area contributed by atoms with Crippen LogP contribution in [-0.4, -0.2) is 31.3 Å². The Morgan fingerprint density at radius 3 is 2.44 bits per heavy atom. The SMILES string of the molecule is CCNC(=NCc1ccc(C(F)(F)F)cc1)NCC1(C)CCCO1.I. The minimum atomic E-state index is -4.31. The fourth-order valence-electron chi connectivity index (χ4n) is 2.56. The maximum Gasteiger partial charge on any atom is 0.416 e. The maximum atomic E-state index is 12.6. The largest absolute Gasteiger partial charge is 0.416 e. The van der Waals surface area contributed by atoms with Crippen LogP contribution in [0.3, 0.4) is 0 Å². The minimum Gasteiger partial charge on any atom is -0.373 e. The van der Waals surface area contributed by atoms with Gasteiger partial charge in [-0.15, -0.1) is 24.0 Å². The van der Waals surface area contributed by atoms with Crippen molar-refractivity contribution in [2.45, 2.75) is 45.0 Å². The summed E-state index contributed by atoms with van der Waals surface area (Å²) in [6.07, 6.45) is -2.26. The lowest BCUT2D eigenvalue weighted by molar-refractivity contribution is -0.137. The predicted octanol–water partition coefficient (Wildman–Crippen LogP) is 3.95. The smallest absolute Gasteiger partial charge is 0.373 e. The van der Waals surface area contributed by atoms with Crippen LogP contribution in [-0.2, 0) is 17.5 Å². The van der Waals surface area contributed by atoms with Gasteiger partial charge >= 0.3 is 6.18 Å². The van der Waals surface area contributed by atoms with Gasteiger partial charge in [0.1, 0.15) is 0 Å². The number of hydrogen-bond acceptors (Lipinski definition) is 2. The topological polar surface area (TPSA) is 45.7 Å². The Balaban J connectivity index is 0.00000312. The van der Waals surface area contributed by atoms with Crippen molar-refractivity contribution in [2.75, 3.05) is 19.7 Å². The summed E-state index contributed by atoms with van der Waals surface area (Å²) in [5.41, 5.74) is -0.111. The standard InChI is InChI=1S/C17H24F3N3O.HI/c1-3-21-15(23-12-16(2)9-4-10-24-16)22-11-13-5-7-14(8-6-13)17(18,19)20;/h5-8H,3-4,9-12H2,1-2H3,(H2,21,22,23);1H. The second kappa shape index (κ2) is 9.61. The Morgan fingerprint density at radius 1 is 1.24 bits per heavy atom. The molecule has 2 N–H and O–H groups in total. The summed E-state index contributed by atoms with van der Waals surface area (Å²) in [6, 6.07) is 5.08. The molecule has 1 aromatic carbocycles. The molecular weight excluding hydrogens is 446 g/mol. The molecule has 8 heteroatoms. The number of halogens is 4. The average molecular weight is 471 g/mol. The summed E-state index contributed by atoms with van der Waals surface area (Å²) >= 11 is 0. The Bertz CT molecular complexity index is 555. The van der Waals surface area contributed by atoms with Crippen LogP contribution in [0.25, 0.3) is 0 Å². The molecule has 0 saturated carbocycles. The normalized spacial score (nSPS) is 20.9. The number of guanidine groups is 1. The number of hydrogen-bond donors (Lipinski definition) is 2. The van der Waals surface area contributed by atoms with E-state index in [4.69, 9.17) is 4.74 Å². The Hall–Kier alpha value is -1.03. The van der Waals surface area contributed by atoms with E-state index in [1.54, 1.807) is 0 Å². The highest BCUT2D eigenvalue weighted by Gasteiger charge is 2.30. The van der Waals surface area contributed by atoms with Crippen molar-refractivity contribution in [1.82, 2.24) is 10.6 Å². The summed E-state index contributed by atoms with van der Waals surface area (Å²) in [5, 5.41) is 6.38. The zero-order valence-electron chi connectivity index (χ0n) is 14.4. The lowest BCUT2D eigenvalue weighted by Crippen LogP contribution is -2.45. The monoisotopic (exact) mass is 471 g/mol. The van der Waals surface area contributed by atoms with Crippen LogP contribution in [0.5, 0.6) is 0 Å². The number of ether oxygens (including phenoxy) is 1. The van der Waals surface area contributed by atoms with E-state index in [1.807, 2.05) is 6.92 Å². The van der Waals surface area contributed by atoms with E-state index >= 15 is 0 Å². The third-order valence-corrected chi connectivity index (χ3v) is 3.98. The lowest BCUT2D eigenvalue weighted by atomic mass is 10.0. The van der Waals surface area contributed by atoms with E-state index in [0.29, 0.717) is 25.6 Å². The van der Waals surface area contributed by atoms with Gasteiger partial charge in [0, 0.05) is 19.7 Å². The second-order valence-electron chi connectivity index (χ2n) is 6.15. The van der Waals surface area contributed by atoms with Gasteiger partial charge in [0.15, 0.2) is 5.96 Å². The number of aliphatic imine (C=N–C) groups is 1. The quantitative estimate of drug-likeness (QED) is 0.389. The first-order valence-corrected chi connectivity index (χ1v) is 8.15. The van der Waals surface area contributed by atoms with E-state index in [0.717, 1.165) is 37.1 Å². The predicted molar refractivity (Wildman–Crippen MR) is 103 cm³/mol. The summed E-state index contributed by atoms with van der Waals surface area (Å²) in [6.45, 7) is 6.46. The Kier molecular flexibility index (Phi) is 8.46. The summed E-state index contributed by atoms with van der Waals surface area (Å²) in [5.74, 6) is 0.633. The van der Waals surface area contributed by atoms with Crippen LogP contribution in [0.1, 0.15) is 37.8 Å². The molecule has 1 aliphatic heterocycles. The molecule has 1 aliphatic rings. The van der Waals surface area contributed by atoms with E-state index in [-0.39, 0.29) is 29.6 Å². The van der Waals surface area contributed by atoms with Crippen LogP contribution in [0.4, 0.5) is 13.2 Å². The molecule has 0 aromatic heterocycles. The van der Waals surface area contributed by atoms with Gasteiger partial charge in [-0.2, -0.15) is 13.2 Å². The fraction of sp³-hybridized carbons (Fsp3) is 0.588. The molecule has 0 aliphatic carbocycles. The van der Waals surface area contributed by atoms with Crippen LogP contribution < -0.4 is 10.6 Å². The summed E-state index contributed by atoms with van der Waals surface area (Å²) in [4.78, 5) is 4.43. The highest BCUT2D eigenvalue weighted by Crippen LogP contribution is 2.29. The van der Waals surface area contributed by atoms with Gasteiger partial charge in [-0.3, -0.25) is 0 Å². The van der Waals surface area contributed by atoms with Gasteiger partial charge < -0.3 is 15.4 Å². The van der Waals surface area contributed by atoms with E-state index in [2.05, 4.69) is 22.5 Å². The van der Waals surface area contributed by atoms with Crippen LogP contribution in [0.15, 0.2) is 29.3 Å². The van der Waals surface area contributed by atoms with Gasteiger partial charge in [0.05, 0.1) is 17.7 Å². The number of nitrogens with one attached hydrogen (secondary N) is 2. The zero-order valence-corrected chi connectivity index (χ0v) is 16.8. The second-order valence-corrected chi connectivity index (χ2v) is 6.15. The van der Waals surface area contributed by atoms with Gasteiger partial charge in [0.25, 0.3) is 0 Å². The third kappa shape index (κ3) is 7.01. The Morgan fingerprint density at radius 2 is 1.92 bits per heavy atom. The van der Waals surface area contributed by atoms with Crippen molar-refractivity contribution in [1.29, 1.82) is 0 Å². The first-order chi connectivity index (χ1) is 11.3. The van der Waals surface area contributed by atoms with Crippen molar-refractivity contribution in [3.63, 3.8) is 0 Å². The zero-order chi connectivity index (χ0) is 17.6. The van der Waals surface area contributed by atoms with Gasteiger partial charge in [-0.1, -0.05) is 12.1 Å². The molecule has 1 aromatic rings. The van der Waals surface area contributed by atoms with Gasteiger partial charge in [-0.25, -0.2) is 4.99 Å². The molecule has 0 radical (unpaired) electrons. The number of nitrogens with zero attached hydrogens (tertiary/aromatic N) is 1. The van der Waals surface area contributed by atoms with Gasteiger partial charge in [-0.05, 0) is 44.4 Å². The molecular formula is C17H25F3IN3O. The minimum absolute atomic E-state index is 0. The molecule has 1 saturated heterocycles. The number of rotatable bonds is 5. The number of alkyl halides is 3. The first kappa shape index (κ1) is 22.0. The molecule has 1 unspecified atom stereocenters. The van der Waals surface area contributed by atoms with Crippen LogP contribution in [0.2, 0.25) is 0 Å². The van der Waals surface area contributed by atoms with Crippen LogP contribution >= 0.6 is 24.0 Å². The van der Waals surface area contributed by atoms with Gasteiger partial charge in [0.2, 0.25) is 0 Å².